The molecule has 0 radical (unpaired) electrons. The molecule has 2 aromatic heterocycles. The van der Waals surface area contributed by atoms with Crippen LogP contribution in [0.2, 0.25) is 0 Å². The van der Waals surface area contributed by atoms with Gasteiger partial charge in [-0.2, -0.15) is 4.37 Å². The molecule has 108 valence electrons. The minimum absolute atomic E-state index is 0.0787. The van der Waals surface area contributed by atoms with Gasteiger partial charge in [0.15, 0.2) is 15.0 Å². The molecule has 10 heteroatoms. The van der Waals surface area contributed by atoms with Crippen molar-refractivity contribution in [3.8, 4) is 0 Å². The fourth-order valence-corrected chi connectivity index (χ4v) is 4.14. The average molecular weight is 333 g/mol. The summed E-state index contributed by atoms with van der Waals surface area (Å²) in [6.45, 7) is 3.62. The number of carbonyl (C=O) groups excluding carboxylic acids is 1. The third kappa shape index (κ3) is 3.32. The Morgan fingerprint density at radius 2 is 2.25 bits per heavy atom. The van der Waals surface area contributed by atoms with Crippen molar-refractivity contribution >= 4 is 44.0 Å². The molecule has 0 saturated carbocycles. The van der Waals surface area contributed by atoms with Gasteiger partial charge < -0.3 is 4.74 Å². The number of anilines is 1. The molecule has 0 aromatic carbocycles. The molecule has 0 aliphatic carbocycles. The molecule has 1 N–H and O–H groups in total. The summed E-state index contributed by atoms with van der Waals surface area (Å²) in [5.74, 6) is -0.581. The molecule has 20 heavy (non-hydrogen) atoms. The van der Waals surface area contributed by atoms with E-state index in [2.05, 4.69) is 14.1 Å². The lowest BCUT2D eigenvalue weighted by Crippen LogP contribution is -2.12. The Kier molecular flexibility index (Phi) is 4.35. The SMILES string of the molecule is CCOC(=O)c1csc(NS(=O)(=O)c2cc(C)ns2)n1. The van der Waals surface area contributed by atoms with Crippen LogP contribution in [0.4, 0.5) is 5.13 Å². The summed E-state index contributed by atoms with van der Waals surface area (Å²) in [6, 6.07) is 1.47. The molecular weight excluding hydrogens is 322 g/mol. The molecule has 7 nitrogen and oxygen atoms in total. The highest BCUT2D eigenvalue weighted by Gasteiger charge is 2.20. The van der Waals surface area contributed by atoms with Crippen molar-refractivity contribution in [2.45, 2.75) is 18.1 Å². The molecule has 2 aromatic rings. The quantitative estimate of drug-likeness (QED) is 0.839. The van der Waals surface area contributed by atoms with Gasteiger partial charge in [-0.3, -0.25) is 4.72 Å². The van der Waals surface area contributed by atoms with Gasteiger partial charge in [0.25, 0.3) is 10.0 Å². The van der Waals surface area contributed by atoms with Crippen LogP contribution in [0.3, 0.4) is 0 Å². The zero-order chi connectivity index (χ0) is 14.8. The first-order chi connectivity index (χ1) is 9.42. The number of rotatable bonds is 5. The first kappa shape index (κ1) is 14.9. The Morgan fingerprint density at radius 3 is 2.85 bits per heavy atom. The van der Waals surface area contributed by atoms with Gasteiger partial charge >= 0.3 is 5.97 Å². The predicted molar refractivity (Wildman–Crippen MR) is 75.7 cm³/mol. The lowest BCUT2D eigenvalue weighted by Gasteiger charge is -2.01. The van der Waals surface area contributed by atoms with Crippen molar-refractivity contribution in [2.75, 3.05) is 11.3 Å². The molecule has 0 fully saturated rings. The minimum atomic E-state index is -3.72. The van der Waals surface area contributed by atoms with E-state index >= 15 is 0 Å². The zero-order valence-corrected chi connectivity index (χ0v) is 13.1. The van der Waals surface area contributed by atoms with Gasteiger partial charge in [0.2, 0.25) is 0 Å². The van der Waals surface area contributed by atoms with Crippen molar-refractivity contribution in [1.82, 2.24) is 9.36 Å². The van der Waals surface area contributed by atoms with Gasteiger partial charge in [0.05, 0.1) is 12.3 Å². The van der Waals surface area contributed by atoms with Gasteiger partial charge in [-0.25, -0.2) is 18.2 Å². The highest BCUT2D eigenvalue weighted by molar-refractivity contribution is 7.94. The summed E-state index contributed by atoms with van der Waals surface area (Å²) < 4.78 is 35.2. The number of nitrogens with one attached hydrogen (secondary N) is 1. The topological polar surface area (TPSA) is 98.2 Å². The normalized spacial score (nSPS) is 11.3. The number of aryl methyl sites for hydroxylation is 1. The van der Waals surface area contributed by atoms with Crippen molar-refractivity contribution in [2.24, 2.45) is 0 Å². The number of carbonyl (C=O) groups is 1. The van der Waals surface area contributed by atoms with E-state index in [4.69, 9.17) is 4.74 Å². The summed E-state index contributed by atoms with van der Waals surface area (Å²) in [6.07, 6.45) is 0. The van der Waals surface area contributed by atoms with Gasteiger partial charge in [-0.1, -0.05) is 0 Å². The van der Waals surface area contributed by atoms with Gasteiger partial charge in [-0.15, -0.1) is 11.3 Å². The van der Waals surface area contributed by atoms with E-state index in [0.717, 1.165) is 22.9 Å². The Hall–Kier alpha value is -1.52. The first-order valence-electron chi connectivity index (χ1n) is 5.51. The number of aromatic nitrogens is 2. The van der Waals surface area contributed by atoms with Crippen LogP contribution in [0, 0.1) is 6.92 Å². The van der Waals surface area contributed by atoms with E-state index in [-0.39, 0.29) is 21.6 Å². The van der Waals surface area contributed by atoms with Gasteiger partial charge in [0.1, 0.15) is 0 Å². The second-order valence-electron chi connectivity index (χ2n) is 3.65. The average Bonchev–Trinajstić information content (AvgIpc) is 2.98. The lowest BCUT2D eigenvalue weighted by atomic mass is 10.5. The zero-order valence-electron chi connectivity index (χ0n) is 10.6. The molecule has 0 bridgehead atoms. The summed E-state index contributed by atoms with van der Waals surface area (Å²) >= 11 is 1.90. The van der Waals surface area contributed by atoms with Crippen LogP contribution in [-0.4, -0.2) is 30.4 Å². The molecule has 2 heterocycles. The molecule has 0 unspecified atom stereocenters. The van der Waals surface area contributed by atoms with Gasteiger partial charge in [-0.05, 0) is 31.4 Å². The third-order valence-electron chi connectivity index (χ3n) is 2.08. The maximum atomic E-state index is 12.0. The van der Waals surface area contributed by atoms with E-state index in [1.807, 2.05) is 0 Å². The molecule has 0 atom stereocenters. The fourth-order valence-electron chi connectivity index (χ4n) is 1.25. The van der Waals surface area contributed by atoms with Crippen LogP contribution < -0.4 is 4.72 Å². The summed E-state index contributed by atoms with van der Waals surface area (Å²) in [4.78, 5) is 15.3. The molecule has 0 spiro atoms. The van der Waals surface area contributed by atoms with E-state index < -0.39 is 16.0 Å². The standard InChI is InChI=1S/C10H11N3O4S3/c1-3-17-9(14)7-5-18-10(11-7)13-20(15,16)8-4-6(2)12-19-8/h4-5H,3H2,1-2H3,(H,11,13). The van der Waals surface area contributed by atoms with E-state index in [9.17, 15) is 13.2 Å². The molecule has 2 rings (SSSR count). The van der Waals surface area contributed by atoms with Crippen molar-refractivity contribution in [3.63, 3.8) is 0 Å². The van der Waals surface area contributed by atoms with E-state index in [1.54, 1.807) is 13.8 Å². The lowest BCUT2D eigenvalue weighted by molar-refractivity contribution is 0.0520. The number of ether oxygens (including phenoxy) is 1. The maximum absolute atomic E-state index is 12.0. The minimum Gasteiger partial charge on any atom is -0.461 e. The van der Waals surface area contributed by atoms with Crippen LogP contribution in [0.1, 0.15) is 23.1 Å². The molecule has 0 saturated heterocycles. The molecule has 0 aliphatic heterocycles. The van der Waals surface area contributed by atoms with E-state index in [0.29, 0.717) is 5.69 Å². The highest BCUT2D eigenvalue weighted by Crippen LogP contribution is 2.23. The Bertz CT molecular complexity index is 720. The van der Waals surface area contributed by atoms with Crippen molar-refractivity contribution in [1.29, 1.82) is 0 Å². The van der Waals surface area contributed by atoms with Gasteiger partial charge in [0, 0.05) is 5.38 Å². The molecule has 0 aliphatic rings. The summed E-state index contributed by atoms with van der Waals surface area (Å²) in [5.41, 5.74) is 0.705. The number of esters is 1. The van der Waals surface area contributed by atoms with Crippen LogP contribution in [0.25, 0.3) is 0 Å². The Morgan fingerprint density at radius 1 is 1.50 bits per heavy atom. The maximum Gasteiger partial charge on any atom is 0.357 e. The van der Waals surface area contributed by atoms with Crippen molar-refractivity contribution < 1.29 is 17.9 Å². The number of sulfonamides is 1. The van der Waals surface area contributed by atoms with Crippen LogP contribution in [0.5, 0.6) is 0 Å². The highest BCUT2D eigenvalue weighted by atomic mass is 32.2. The van der Waals surface area contributed by atoms with Crippen LogP contribution >= 0.6 is 22.9 Å². The number of hydrogen-bond acceptors (Lipinski definition) is 8. The van der Waals surface area contributed by atoms with Crippen molar-refractivity contribution in [3.05, 3.63) is 22.8 Å². The van der Waals surface area contributed by atoms with E-state index in [1.165, 1.54) is 11.4 Å². The fraction of sp³-hybridized carbons (Fsp3) is 0.300. The molecular formula is C10H11N3O4S3. The number of hydrogen-bond donors (Lipinski definition) is 1. The Balaban J connectivity index is 2.16. The number of thiazole rings is 1. The second kappa shape index (κ2) is 5.85. The largest absolute Gasteiger partial charge is 0.461 e. The second-order valence-corrected chi connectivity index (χ2v) is 7.22. The predicted octanol–water partition coefficient (Wildman–Crippen LogP) is 1.89. The molecule has 0 amide bonds. The van der Waals surface area contributed by atoms with Crippen LogP contribution in [-0.2, 0) is 14.8 Å². The summed E-state index contributed by atoms with van der Waals surface area (Å²) in [7, 11) is -3.72. The number of nitrogens with zero attached hydrogens (tertiary/aromatic N) is 2. The summed E-state index contributed by atoms with van der Waals surface area (Å²) in [5, 5.41) is 1.55. The monoisotopic (exact) mass is 333 g/mol. The first-order valence-corrected chi connectivity index (χ1v) is 8.65. The third-order valence-corrected chi connectivity index (χ3v) is 5.64. The smallest absolute Gasteiger partial charge is 0.357 e. The van der Waals surface area contributed by atoms with Crippen LogP contribution in [0.15, 0.2) is 15.7 Å². The Labute approximate surface area is 123 Å².